The Labute approximate surface area is 176 Å². The monoisotopic (exact) mass is 408 g/mol. The number of benzene rings is 2. The number of aromatic nitrogens is 1. The van der Waals surface area contributed by atoms with Crippen LogP contribution in [0.15, 0.2) is 42.5 Å². The maximum atomic E-state index is 12.6. The number of carbonyl (C=O) groups is 1. The highest BCUT2D eigenvalue weighted by Crippen LogP contribution is 2.23. The molecule has 0 spiro atoms. The highest BCUT2D eigenvalue weighted by molar-refractivity contribution is 7.18. The van der Waals surface area contributed by atoms with E-state index in [1.807, 2.05) is 6.07 Å². The Hall–Kier alpha value is -2.28. The fraction of sp³-hybridized carbons (Fsp3) is 0.391. The maximum Gasteiger partial charge on any atom is 0.238 e. The van der Waals surface area contributed by atoms with Crippen LogP contribution in [0.3, 0.4) is 0 Å². The van der Waals surface area contributed by atoms with E-state index in [2.05, 4.69) is 65.4 Å². The van der Waals surface area contributed by atoms with Gasteiger partial charge < -0.3 is 5.32 Å². The molecule has 0 radical (unpaired) electrons. The number of hydrogen-bond acceptors (Lipinski definition) is 5. The van der Waals surface area contributed by atoms with Gasteiger partial charge in [0.25, 0.3) is 0 Å². The third kappa shape index (κ3) is 4.83. The van der Waals surface area contributed by atoms with Gasteiger partial charge >= 0.3 is 0 Å². The fourth-order valence-corrected chi connectivity index (χ4v) is 4.88. The molecule has 0 unspecified atom stereocenters. The first-order valence-corrected chi connectivity index (χ1v) is 11.1. The molecule has 1 N–H and O–H groups in total. The van der Waals surface area contributed by atoms with Gasteiger partial charge in [-0.1, -0.05) is 37.3 Å². The lowest BCUT2D eigenvalue weighted by Crippen LogP contribution is -2.48. The summed E-state index contributed by atoms with van der Waals surface area (Å²) in [6.07, 6.45) is 0.918. The first kappa shape index (κ1) is 20.0. The van der Waals surface area contributed by atoms with Crippen molar-refractivity contribution >= 4 is 33.1 Å². The van der Waals surface area contributed by atoms with Crippen molar-refractivity contribution in [2.45, 2.75) is 26.8 Å². The number of hydrogen-bond donors (Lipinski definition) is 1. The lowest BCUT2D eigenvalue weighted by molar-refractivity contribution is -0.117. The fourth-order valence-electron chi connectivity index (χ4n) is 3.87. The van der Waals surface area contributed by atoms with E-state index in [-0.39, 0.29) is 5.91 Å². The Morgan fingerprint density at radius 2 is 1.83 bits per heavy atom. The van der Waals surface area contributed by atoms with E-state index in [0.717, 1.165) is 55.9 Å². The molecule has 0 saturated carbocycles. The summed E-state index contributed by atoms with van der Waals surface area (Å²) in [5.41, 5.74) is 4.39. The average molecular weight is 409 g/mol. The molecule has 1 aromatic heterocycles. The summed E-state index contributed by atoms with van der Waals surface area (Å²) in [5.74, 6) is 0.0774. The molecule has 5 nitrogen and oxygen atoms in total. The predicted molar refractivity (Wildman–Crippen MR) is 121 cm³/mol. The van der Waals surface area contributed by atoms with Crippen molar-refractivity contribution in [3.8, 4) is 0 Å². The number of carbonyl (C=O) groups excluding carboxylic acids is 1. The largest absolute Gasteiger partial charge is 0.324 e. The summed E-state index contributed by atoms with van der Waals surface area (Å²) in [6, 6.07) is 14.5. The van der Waals surface area contributed by atoms with Crippen LogP contribution in [0.5, 0.6) is 0 Å². The van der Waals surface area contributed by atoms with E-state index in [9.17, 15) is 4.79 Å². The van der Waals surface area contributed by atoms with Gasteiger partial charge in [0.2, 0.25) is 5.91 Å². The normalized spacial score (nSPS) is 15.7. The number of rotatable bonds is 6. The lowest BCUT2D eigenvalue weighted by atomic mass is 10.1. The highest BCUT2D eigenvalue weighted by Gasteiger charge is 2.20. The van der Waals surface area contributed by atoms with Crippen molar-refractivity contribution in [2.75, 3.05) is 38.0 Å². The number of aryl methyl sites for hydroxylation is 2. The predicted octanol–water partition coefficient (Wildman–Crippen LogP) is 3.92. The van der Waals surface area contributed by atoms with Gasteiger partial charge in [0, 0.05) is 31.9 Å². The Morgan fingerprint density at radius 3 is 2.59 bits per heavy atom. The molecule has 1 fully saturated rings. The van der Waals surface area contributed by atoms with Crippen molar-refractivity contribution in [3.05, 3.63) is 58.6 Å². The van der Waals surface area contributed by atoms with Crippen LogP contribution >= 0.6 is 11.3 Å². The molecule has 4 rings (SSSR count). The summed E-state index contributed by atoms with van der Waals surface area (Å²) >= 11 is 1.78. The number of amides is 1. The van der Waals surface area contributed by atoms with Crippen LogP contribution in [-0.2, 0) is 17.8 Å². The second kappa shape index (κ2) is 9.03. The molecule has 152 valence electrons. The summed E-state index contributed by atoms with van der Waals surface area (Å²) in [4.78, 5) is 22.0. The molecule has 2 aromatic carbocycles. The Bertz CT molecular complexity index is 958. The van der Waals surface area contributed by atoms with Crippen molar-refractivity contribution < 1.29 is 4.79 Å². The van der Waals surface area contributed by atoms with Crippen LogP contribution in [0.1, 0.15) is 23.1 Å². The number of nitrogens with zero attached hydrogens (tertiary/aromatic N) is 3. The Balaban J connectivity index is 1.28. The minimum absolute atomic E-state index is 0.0774. The first-order valence-electron chi connectivity index (χ1n) is 10.3. The summed E-state index contributed by atoms with van der Waals surface area (Å²) in [6.45, 7) is 9.26. The van der Waals surface area contributed by atoms with Crippen molar-refractivity contribution in [3.63, 3.8) is 0 Å². The minimum atomic E-state index is 0.0774. The van der Waals surface area contributed by atoms with E-state index in [4.69, 9.17) is 4.98 Å². The van der Waals surface area contributed by atoms with E-state index in [0.29, 0.717) is 6.54 Å². The van der Waals surface area contributed by atoms with Crippen LogP contribution in [0.25, 0.3) is 10.2 Å². The minimum Gasteiger partial charge on any atom is -0.324 e. The molecule has 1 aliphatic rings. The summed E-state index contributed by atoms with van der Waals surface area (Å²) < 4.78 is 1.25. The van der Waals surface area contributed by atoms with Gasteiger partial charge in [-0.3, -0.25) is 14.6 Å². The van der Waals surface area contributed by atoms with Crippen molar-refractivity contribution in [2.24, 2.45) is 0 Å². The topological polar surface area (TPSA) is 48.5 Å². The Kier molecular flexibility index (Phi) is 6.23. The standard InChI is InChI=1S/C23H28N4OS/c1-3-18-8-6-7-17(2)23(18)25-21(28)15-26-11-13-27(14-12-26)16-22-24-19-9-4-5-10-20(19)29-22/h4-10H,3,11-16H2,1-2H3,(H,25,28). The lowest BCUT2D eigenvalue weighted by Gasteiger charge is -2.33. The molecule has 1 saturated heterocycles. The number of para-hydroxylation sites is 2. The van der Waals surface area contributed by atoms with Gasteiger partial charge in [0.05, 0.1) is 23.3 Å². The molecule has 0 aliphatic carbocycles. The maximum absolute atomic E-state index is 12.6. The van der Waals surface area contributed by atoms with Gasteiger partial charge in [0.1, 0.15) is 5.01 Å². The van der Waals surface area contributed by atoms with Crippen LogP contribution < -0.4 is 5.32 Å². The molecule has 1 aliphatic heterocycles. The number of thiazole rings is 1. The number of piperazine rings is 1. The van der Waals surface area contributed by atoms with Gasteiger partial charge in [-0.25, -0.2) is 4.98 Å². The third-order valence-electron chi connectivity index (χ3n) is 5.53. The SMILES string of the molecule is CCc1cccc(C)c1NC(=O)CN1CCN(Cc2nc3ccccc3s2)CC1. The number of anilines is 1. The van der Waals surface area contributed by atoms with Crippen LogP contribution in [0.4, 0.5) is 5.69 Å². The smallest absolute Gasteiger partial charge is 0.238 e. The molecule has 3 aromatic rings. The molecule has 2 heterocycles. The van der Waals surface area contributed by atoms with Crippen LogP contribution in [-0.4, -0.2) is 53.4 Å². The number of fused-ring (bicyclic) bond motifs is 1. The highest BCUT2D eigenvalue weighted by atomic mass is 32.1. The number of nitrogens with one attached hydrogen (secondary N) is 1. The van der Waals surface area contributed by atoms with Crippen LogP contribution in [0, 0.1) is 6.92 Å². The summed E-state index contributed by atoms with van der Waals surface area (Å²) in [7, 11) is 0. The van der Waals surface area contributed by atoms with Crippen LogP contribution in [0.2, 0.25) is 0 Å². The zero-order chi connectivity index (χ0) is 20.2. The van der Waals surface area contributed by atoms with E-state index in [1.54, 1.807) is 11.3 Å². The van der Waals surface area contributed by atoms with Crippen molar-refractivity contribution in [1.29, 1.82) is 0 Å². The average Bonchev–Trinajstić information content (AvgIpc) is 3.13. The van der Waals surface area contributed by atoms with E-state index < -0.39 is 0 Å². The van der Waals surface area contributed by atoms with E-state index >= 15 is 0 Å². The zero-order valence-corrected chi connectivity index (χ0v) is 18.0. The molecular formula is C23H28N4OS. The third-order valence-corrected chi connectivity index (χ3v) is 6.55. The molecule has 1 amide bonds. The van der Waals surface area contributed by atoms with E-state index in [1.165, 1.54) is 15.3 Å². The van der Waals surface area contributed by atoms with Crippen molar-refractivity contribution in [1.82, 2.24) is 14.8 Å². The quantitative estimate of drug-likeness (QED) is 0.672. The Morgan fingerprint density at radius 1 is 1.07 bits per heavy atom. The second-order valence-corrected chi connectivity index (χ2v) is 8.75. The molecule has 0 bridgehead atoms. The summed E-state index contributed by atoms with van der Waals surface area (Å²) in [5, 5.41) is 4.31. The molecule has 29 heavy (non-hydrogen) atoms. The van der Waals surface area contributed by atoms with Gasteiger partial charge in [0.15, 0.2) is 0 Å². The van der Waals surface area contributed by atoms with Gasteiger partial charge in [-0.15, -0.1) is 11.3 Å². The van der Waals surface area contributed by atoms with Gasteiger partial charge in [-0.05, 0) is 36.6 Å². The first-order chi connectivity index (χ1) is 14.1. The second-order valence-electron chi connectivity index (χ2n) is 7.64. The molecule has 6 heteroatoms. The molecular weight excluding hydrogens is 380 g/mol. The van der Waals surface area contributed by atoms with Gasteiger partial charge in [-0.2, -0.15) is 0 Å². The molecule has 0 atom stereocenters. The zero-order valence-electron chi connectivity index (χ0n) is 17.1.